The van der Waals surface area contributed by atoms with E-state index in [9.17, 15) is 14.9 Å². The molecule has 0 unspecified atom stereocenters. The fraction of sp³-hybridized carbons (Fsp3) is 0.400. The normalized spacial score (nSPS) is 11.0. The Bertz CT molecular complexity index is 1300. The molecular weight excluding hydrogens is 461 g/mol. The standard InChI is InChI=1S/C23H23Cl2N3O3.C2H6/c1-6-31-19(29)11-28-18-10-15(23(2,3)12-26)17(25)9-14(18)22(30)13-7-8-16(24)21(20(13)28)27(4)5;1-2/h7-10H,6,11H2,1-5H3;1-2H3. The van der Waals surface area contributed by atoms with Crippen molar-refractivity contribution in [3.63, 3.8) is 0 Å². The smallest absolute Gasteiger partial charge is 0.325 e. The van der Waals surface area contributed by atoms with E-state index in [1.807, 2.05) is 27.9 Å². The van der Waals surface area contributed by atoms with E-state index >= 15 is 0 Å². The van der Waals surface area contributed by atoms with Gasteiger partial charge in [-0.1, -0.05) is 37.0 Å². The van der Waals surface area contributed by atoms with E-state index in [4.69, 9.17) is 27.9 Å². The molecule has 0 amide bonds. The maximum absolute atomic E-state index is 13.4. The molecule has 0 N–H and O–H groups in total. The Balaban J connectivity index is 0.00000187. The van der Waals surface area contributed by atoms with Gasteiger partial charge in [0.25, 0.3) is 0 Å². The molecule has 0 fully saturated rings. The van der Waals surface area contributed by atoms with Crippen LogP contribution in [-0.2, 0) is 21.5 Å². The third-order valence-corrected chi connectivity index (χ3v) is 5.85. The van der Waals surface area contributed by atoms with Crippen molar-refractivity contribution in [1.82, 2.24) is 4.57 Å². The number of nitrogens with zero attached hydrogens (tertiary/aromatic N) is 3. The molecule has 0 aliphatic heterocycles. The summed E-state index contributed by atoms with van der Waals surface area (Å²) in [4.78, 5) is 27.7. The van der Waals surface area contributed by atoms with Gasteiger partial charge in [-0.3, -0.25) is 9.59 Å². The molecule has 0 saturated heterocycles. The fourth-order valence-corrected chi connectivity index (χ4v) is 4.43. The fourth-order valence-electron chi connectivity index (χ4n) is 3.71. The summed E-state index contributed by atoms with van der Waals surface area (Å²) in [7, 11) is 3.63. The molecule has 1 aromatic heterocycles. The van der Waals surface area contributed by atoms with Gasteiger partial charge in [0.2, 0.25) is 0 Å². The van der Waals surface area contributed by atoms with Crippen LogP contribution in [0.25, 0.3) is 21.8 Å². The summed E-state index contributed by atoms with van der Waals surface area (Å²) in [6, 6.07) is 8.83. The molecule has 176 valence electrons. The summed E-state index contributed by atoms with van der Waals surface area (Å²) in [5, 5.41) is 11.2. The molecule has 1 heterocycles. The Morgan fingerprint density at radius 2 is 1.79 bits per heavy atom. The van der Waals surface area contributed by atoms with E-state index in [1.54, 1.807) is 54.5 Å². The number of hydrogen-bond donors (Lipinski definition) is 0. The van der Waals surface area contributed by atoms with Gasteiger partial charge in [-0.2, -0.15) is 5.26 Å². The number of halogens is 2. The third kappa shape index (κ3) is 4.95. The molecule has 0 saturated carbocycles. The van der Waals surface area contributed by atoms with E-state index in [2.05, 4.69) is 6.07 Å². The number of benzene rings is 2. The Morgan fingerprint density at radius 1 is 1.15 bits per heavy atom. The number of hydrogen-bond acceptors (Lipinski definition) is 5. The maximum atomic E-state index is 13.4. The predicted octanol–water partition coefficient (Wildman–Crippen LogP) is 5.92. The average molecular weight is 490 g/mol. The van der Waals surface area contributed by atoms with E-state index in [-0.39, 0.29) is 18.6 Å². The quantitative estimate of drug-likeness (QED) is 0.328. The van der Waals surface area contributed by atoms with Crippen LogP contribution >= 0.6 is 23.2 Å². The molecule has 0 aliphatic rings. The number of pyridine rings is 1. The first-order valence-electron chi connectivity index (χ1n) is 10.8. The molecule has 3 aromatic rings. The molecule has 2 aromatic carbocycles. The Labute approximate surface area is 204 Å². The van der Waals surface area contributed by atoms with Gasteiger partial charge < -0.3 is 14.2 Å². The summed E-state index contributed by atoms with van der Waals surface area (Å²) < 4.78 is 6.90. The minimum absolute atomic E-state index is 0.129. The van der Waals surface area contributed by atoms with Crippen LogP contribution in [0.15, 0.2) is 29.1 Å². The molecule has 0 aliphatic carbocycles. The Hall–Kier alpha value is -2.75. The molecule has 0 radical (unpaired) electrons. The lowest BCUT2D eigenvalue weighted by Crippen LogP contribution is -2.22. The highest BCUT2D eigenvalue weighted by Gasteiger charge is 2.26. The van der Waals surface area contributed by atoms with Crippen LogP contribution in [0.5, 0.6) is 0 Å². The van der Waals surface area contributed by atoms with E-state index in [1.165, 1.54) is 0 Å². The van der Waals surface area contributed by atoms with Crippen molar-refractivity contribution >= 4 is 56.7 Å². The number of carbonyl (C=O) groups is 1. The third-order valence-electron chi connectivity index (χ3n) is 5.23. The highest BCUT2D eigenvalue weighted by Crippen LogP contribution is 2.37. The lowest BCUT2D eigenvalue weighted by Gasteiger charge is -2.24. The number of nitriles is 1. The summed E-state index contributed by atoms with van der Waals surface area (Å²) in [6.07, 6.45) is 0. The molecule has 3 rings (SSSR count). The van der Waals surface area contributed by atoms with Crippen molar-refractivity contribution < 1.29 is 9.53 Å². The zero-order chi connectivity index (χ0) is 25.1. The first kappa shape index (κ1) is 26.5. The van der Waals surface area contributed by atoms with Gasteiger partial charge in [-0.25, -0.2) is 0 Å². The second-order valence-electron chi connectivity index (χ2n) is 7.99. The number of rotatable bonds is 5. The van der Waals surface area contributed by atoms with Crippen molar-refractivity contribution in [1.29, 1.82) is 5.26 Å². The number of esters is 1. The van der Waals surface area contributed by atoms with Crippen LogP contribution in [0.3, 0.4) is 0 Å². The second kappa shape index (κ2) is 10.5. The number of anilines is 1. The molecule has 6 nitrogen and oxygen atoms in total. The summed E-state index contributed by atoms with van der Waals surface area (Å²) in [5.41, 5.74) is 1.05. The number of carbonyl (C=O) groups excluding carboxylic acids is 1. The van der Waals surface area contributed by atoms with Crippen molar-refractivity contribution in [3.8, 4) is 6.07 Å². The first-order valence-corrected chi connectivity index (χ1v) is 11.5. The maximum Gasteiger partial charge on any atom is 0.325 e. The largest absolute Gasteiger partial charge is 0.465 e. The van der Waals surface area contributed by atoms with Crippen molar-refractivity contribution in [2.75, 3.05) is 25.6 Å². The van der Waals surface area contributed by atoms with Crippen LogP contribution < -0.4 is 10.3 Å². The highest BCUT2D eigenvalue weighted by molar-refractivity contribution is 6.35. The molecule has 0 atom stereocenters. The number of ether oxygens (including phenoxy) is 1. The van der Waals surface area contributed by atoms with Gasteiger partial charge in [0, 0.05) is 29.9 Å². The molecule has 8 heteroatoms. The van der Waals surface area contributed by atoms with E-state index < -0.39 is 11.4 Å². The predicted molar refractivity (Wildman–Crippen MR) is 137 cm³/mol. The minimum Gasteiger partial charge on any atom is -0.465 e. The summed E-state index contributed by atoms with van der Waals surface area (Å²) in [5.74, 6) is -0.450. The van der Waals surface area contributed by atoms with Crippen LogP contribution in [0.1, 0.15) is 40.2 Å². The van der Waals surface area contributed by atoms with Crippen LogP contribution in [0.2, 0.25) is 10.0 Å². The molecule has 0 bridgehead atoms. The molecule has 33 heavy (non-hydrogen) atoms. The van der Waals surface area contributed by atoms with Gasteiger partial charge in [0.05, 0.1) is 39.8 Å². The van der Waals surface area contributed by atoms with Crippen LogP contribution in [0, 0.1) is 11.3 Å². The van der Waals surface area contributed by atoms with Crippen molar-refractivity contribution in [2.45, 2.75) is 46.6 Å². The minimum atomic E-state index is -0.899. The van der Waals surface area contributed by atoms with Gasteiger partial charge >= 0.3 is 5.97 Å². The zero-order valence-electron chi connectivity index (χ0n) is 20.0. The lowest BCUT2D eigenvalue weighted by molar-refractivity contribution is -0.143. The summed E-state index contributed by atoms with van der Waals surface area (Å²) in [6.45, 7) is 9.33. The van der Waals surface area contributed by atoms with Gasteiger partial charge in [-0.15, -0.1) is 0 Å². The van der Waals surface area contributed by atoms with Gasteiger partial charge in [0.1, 0.15) is 6.54 Å². The SMILES string of the molecule is CC.CCOC(=O)Cn1c2cc(C(C)(C)C#N)c(Cl)cc2c(=O)c2ccc(Cl)c(N(C)C)c21. The number of fused-ring (bicyclic) bond motifs is 2. The first-order chi connectivity index (χ1) is 15.5. The number of aromatic nitrogens is 1. The lowest BCUT2D eigenvalue weighted by atomic mass is 9.85. The molecule has 0 spiro atoms. The second-order valence-corrected chi connectivity index (χ2v) is 8.81. The topological polar surface area (TPSA) is 75.3 Å². The average Bonchev–Trinajstić information content (AvgIpc) is 2.77. The van der Waals surface area contributed by atoms with Crippen molar-refractivity contribution in [2.24, 2.45) is 0 Å². The van der Waals surface area contributed by atoms with Gasteiger partial charge in [0.15, 0.2) is 5.43 Å². The van der Waals surface area contributed by atoms with Crippen LogP contribution in [-0.4, -0.2) is 31.2 Å². The zero-order valence-corrected chi connectivity index (χ0v) is 21.6. The van der Waals surface area contributed by atoms with Gasteiger partial charge in [-0.05, 0) is 50.6 Å². The van der Waals surface area contributed by atoms with Crippen LogP contribution in [0.4, 0.5) is 5.69 Å². The highest BCUT2D eigenvalue weighted by atomic mass is 35.5. The Morgan fingerprint density at radius 3 is 2.33 bits per heavy atom. The van der Waals surface area contributed by atoms with E-state index in [0.717, 1.165) is 0 Å². The Kier molecular flexibility index (Phi) is 8.40. The summed E-state index contributed by atoms with van der Waals surface area (Å²) >= 11 is 13.0. The monoisotopic (exact) mass is 489 g/mol. The van der Waals surface area contributed by atoms with Crippen molar-refractivity contribution in [3.05, 3.63) is 50.1 Å². The molecular formula is C25H29Cl2N3O3. The van der Waals surface area contributed by atoms with E-state index in [0.29, 0.717) is 43.1 Å².